The van der Waals surface area contributed by atoms with Crippen LogP contribution in [0.2, 0.25) is 0 Å². The minimum atomic E-state index is -0.374. The number of hydrogen-bond donors (Lipinski definition) is 0. The fraction of sp³-hybridized carbons (Fsp3) is 0.0882. The first-order chi connectivity index (χ1) is 33.9. The molecule has 13 rings (SSSR count). The van der Waals surface area contributed by atoms with Crippen molar-refractivity contribution in [3.05, 3.63) is 283 Å². The van der Waals surface area contributed by atoms with Gasteiger partial charge in [0.2, 0.25) is 0 Å². The third kappa shape index (κ3) is 6.60. The Morgan fingerprint density at radius 2 is 0.899 bits per heavy atom. The molecule has 0 N–H and O–H groups in total. The van der Waals surface area contributed by atoms with Crippen molar-refractivity contribution in [1.29, 1.82) is 0 Å². The molecule has 10 aromatic carbocycles. The zero-order valence-electron chi connectivity index (χ0n) is 39.0. The molecular weight excluding hydrogens is 831 g/mol. The van der Waals surface area contributed by atoms with Crippen molar-refractivity contribution in [1.82, 2.24) is 0 Å². The second-order valence-corrected chi connectivity index (χ2v) is 19.6. The van der Waals surface area contributed by atoms with Crippen molar-refractivity contribution in [2.24, 2.45) is 5.92 Å². The molecule has 2 atom stereocenters. The first-order valence-electron chi connectivity index (χ1n) is 24.4. The van der Waals surface area contributed by atoms with Gasteiger partial charge < -0.3 is 4.90 Å². The van der Waals surface area contributed by atoms with E-state index < -0.39 is 0 Å². The highest BCUT2D eigenvalue weighted by atomic mass is 15.1. The summed E-state index contributed by atoms with van der Waals surface area (Å²) >= 11 is 0. The van der Waals surface area contributed by atoms with Gasteiger partial charge in [-0.15, -0.1) is 0 Å². The van der Waals surface area contributed by atoms with Gasteiger partial charge >= 0.3 is 0 Å². The van der Waals surface area contributed by atoms with Crippen LogP contribution in [0.25, 0.3) is 66.4 Å². The van der Waals surface area contributed by atoms with Crippen molar-refractivity contribution < 1.29 is 0 Å². The molecule has 0 bridgehead atoms. The van der Waals surface area contributed by atoms with E-state index in [2.05, 4.69) is 274 Å². The number of hydrogen-bond acceptors (Lipinski definition) is 1. The van der Waals surface area contributed by atoms with Gasteiger partial charge in [0.05, 0.1) is 5.41 Å². The number of rotatable bonds is 8. The van der Waals surface area contributed by atoms with Crippen LogP contribution in [0, 0.1) is 5.92 Å². The van der Waals surface area contributed by atoms with E-state index in [1.54, 1.807) is 0 Å². The van der Waals surface area contributed by atoms with Crippen LogP contribution in [-0.4, -0.2) is 0 Å². The summed E-state index contributed by atoms with van der Waals surface area (Å²) in [5, 5.41) is 2.51. The molecule has 2 unspecified atom stereocenters. The molecule has 0 aromatic heterocycles. The molecule has 3 aliphatic carbocycles. The standard InChI is InChI=1S/C68H51N/c1-67(2)63-26-13-11-24-59(63)61-40-34-53(44-65(61)67)48-32-37-57(38-33-48)69(56-35-30-47(31-36-56)50-18-15-19-51(42-50)52-29-28-46-16-9-10-17-49(46)43-52)58-39-41-62-60-25-12-14-27-64(60)68(66(62)45-58,54-20-5-3-6-21-54)55-22-7-4-8-23-55/h3-22,24-45,55H,23H2,1-2H3. The average molecular weight is 882 g/mol. The van der Waals surface area contributed by atoms with Gasteiger partial charge in [-0.1, -0.05) is 214 Å². The largest absolute Gasteiger partial charge is 0.310 e. The number of benzene rings is 10. The minimum absolute atomic E-state index is 0.0610. The van der Waals surface area contributed by atoms with Crippen LogP contribution >= 0.6 is 0 Å². The van der Waals surface area contributed by atoms with Crippen molar-refractivity contribution in [3.63, 3.8) is 0 Å². The summed E-state index contributed by atoms with van der Waals surface area (Å²) in [5.74, 6) is 0.241. The summed E-state index contributed by atoms with van der Waals surface area (Å²) in [4.78, 5) is 2.46. The van der Waals surface area contributed by atoms with E-state index in [1.807, 2.05) is 0 Å². The molecule has 0 aliphatic heterocycles. The predicted octanol–water partition coefficient (Wildman–Crippen LogP) is 18.1. The Kier molecular flexibility index (Phi) is 9.63. The summed E-state index contributed by atoms with van der Waals surface area (Å²) in [5.41, 5.74) is 22.3. The number of nitrogens with zero attached hydrogens (tertiary/aromatic N) is 1. The smallest absolute Gasteiger partial charge is 0.0529 e. The second-order valence-electron chi connectivity index (χ2n) is 19.6. The maximum absolute atomic E-state index is 2.50. The van der Waals surface area contributed by atoms with Crippen molar-refractivity contribution in [3.8, 4) is 55.6 Å². The number of anilines is 3. The molecule has 69 heavy (non-hydrogen) atoms. The van der Waals surface area contributed by atoms with E-state index in [1.165, 1.54) is 94.2 Å². The van der Waals surface area contributed by atoms with Gasteiger partial charge in [0.1, 0.15) is 0 Å². The van der Waals surface area contributed by atoms with E-state index in [9.17, 15) is 0 Å². The summed E-state index contributed by atoms with van der Waals surface area (Å²) in [7, 11) is 0. The monoisotopic (exact) mass is 881 g/mol. The molecule has 0 saturated carbocycles. The average Bonchev–Trinajstić information content (AvgIpc) is 3.84. The summed E-state index contributed by atoms with van der Waals surface area (Å²) in [6.45, 7) is 4.72. The Balaban J connectivity index is 0.934. The van der Waals surface area contributed by atoms with Gasteiger partial charge in [-0.3, -0.25) is 0 Å². The molecule has 0 heterocycles. The Morgan fingerprint density at radius 1 is 0.362 bits per heavy atom. The molecule has 10 aromatic rings. The molecule has 0 amide bonds. The minimum Gasteiger partial charge on any atom is -0.310 e. The molecule has 1 nitrogen and oxygen atoms in total. The Hall–Kier alpha value is -8.26. The summed E-state index contributed by atoms with van der Waals surface area (Å²) in [6, 6.07) is 86.2. The Bertz CT molecular complexity index is 3670. The highest BCUT2D eigenvalue weighted by Crippen LogP contribution is 2.59. The van der Waals surface area contributed by atoms with Crippen LogP contribution in [0.1, 0.15) is 48.1 Å². The first kappa shape index (κ1) is 41.0. The fourth-order valence-electron chi connectivity index (χ4n) is 12.2. The Morgan fingerprint density at radius 3 is 1.62 bits per heavy atom. The van der Waals surface area contributed by atoms with E-state index in [-0.39, 0.29) is 16.7 Å². The highest BCUT2D eigenvalue weighted by molar-refractivity contribution is 5.91. The highest BCUT2D eigenvalue weighted by Gasteiger charge is 2.49. The van der Waals surface area contributed by atoms with E-state index >= 15 is 0 Å². The van der Waals surface area contributed by atoms with Crippen molar-refractivity contribution in [2.75, 3.05) is 4.90 Å². The molecule has 0 spiro atoms. The lowest BCUT2D eigenvalue weighted by Crippen LogP contribution is -2.35. The van der Waals surface area contributed by atoms with Crippen molar-refractivity contribution in [2.45, 2.75) is 31.1 Å². The molecular formula is C68H51N. The molecule has 3 aliphatic rings. The molecule has 0 radical (unpaired) electrons. The summed E-state index contributed by atoms with van der Waals surface area (Å²) < 4.78 is 0. The van der Waals surface area contributed by atoms with Crippen LogP contribution in [0.5, 0.6) is 0 Å². The van der Waals surface area contributed by atoms with Gasteiger partial charge in [-0.2, -0.15) is 0 Å². The van der Waals surface area contributed by atoms with E-state index in [0.717, 1.165) is 23.5 Å². The lowest BCUT2D eigenvalue weighted by Gasteiger charge is -2.40. The number of allylic oxidation sites excluding steroid dienone is 4. The van der Waals surface area contributed by atoms with Gasteiger partial charge in [0.15, 0.2) is 0 Å². The third-order valence-corrected chi connectivity index (χ3v) is 15.5. The summed E-state index contributed by atoms with van der Waals surface area (Å²) in [6.07, 6.45) is 10.2. The first-order valence-corrected chi connectivity index (χ1v) is 24.4. The van der Waals surface area contributed by atoms with E-state index in [0.29, 0.717) is 0 Å². The zero-order chi connectivity index (χ0) is 46.1. The topological polar surface area (TPSA) is 3.24 Å². The molecule has 0 saturated heterocycles. The maximum Gasteiger partial charge on any atom is 0.0529 e. The normalized spacial score (nSPS) is 17.0. The van der Waals surface area contributed by atoms with Crippen molar-refractivity contribution >= 4 is 27.8 Å². The fourth-order valence-corrected chi connectivity index (χ4v) is 12.2. The van der Waals surface area contributed by atoms with Gasteiger partial charge in [-0.25, -0.2) is 0 Å². The third-order valence-electron chi connectivity index (χ3n) is 15.5. The SMILES string of the molecule is CC1(C)c2ccccc2-c2ccc(-c3ccc(N(c4ccc(-c5cccc(-c6ccc7ccccc7c6)c5)cc4)c4ccc5c(c4)C(c4ccccc4)(C4C=CC=CC4)c4ccccc4-5)cc3)cc21. The maximum atomic E-state index is 2.50. The molecule has 1 heteroatoms. The van der Waals surface area contributed by atoms with Crippen LogP contribution < -0.4 is 4.90 Å². The van der Waals surface area contributed by atoms with Crippen LogP contribution in [0.15, 0.2) is 255 Å². The molecule has 328 valence electrons. The lowest BCUT2D eigenvalue weighted by molar-refractivity contribution is 0.457. The Labute approximate surface area is 406 Å². The van der Waals surface area contributed by atoms with Crippen LogP contribution in [0.3, 0.4) is 0 Å². The van der Waals surface area contributed by atoms with Crippen LogP contribution in [0.4, 0.5) is 17.1 Å². The van der Waals surface area contributed by atoms with Gasteiger partial charge in [0.25, 0.3) is 0 Å². The molecule has 0 fully saturated rings. The second kappa shape index (κ2) is 16.2. The predicted molar refractivity (Wildman–Crippen MR) is 291 cm³/mol. The quantitative estimate of drug-likeness (QED) is 0.147. The van der Waals surface area contributed by atoms with Gasteiger partial charge in [-0.05, 0) is 161 Å². The lowest BCUT2D eigenvalue weighted by atomic mass is 9.62. The number of fused-ring (bicyclic) bond motifs is 7. The van der Waals surface area contributed by atoms with Crippen LogP contribution in [-0.2, 0) is 10.8 Å². The van der Waals surface area contributed by atoms with Gasteiger partial charge in [0, 0.05) is 22.5 Å². The van der Waals surface area contributed by atoms with E-state index in [4.69, 9.17) is 0 Å². The zero-order valence-corrected chi connectivity index (χ0v) is 39.0.